The number of thiophene rings is 1. The van der Waals surface area contributed by atoms with Gasteiger partial charge in [-0.15, -0.1) is 11.3 Å². The lowest BCUT2D eigenvalue weighted by Gasteiger charge is -2.16. The third-order valence-electron chi connectivity index (χ3n) is 4.98. The Bertz CT molecular complexity index is 743. The SMILES string of the molecule is COc1ccc([C@@H](C)NC(=O)c2cc3c(s2)CCCCCC3)cc1OC. The van der Waals surface area contributed by atoms with Crippen LogP contribution >= 0.6 is 11.3 Å². The van der Waals surface area contributed by atoms with Gasteiger partial charge in [0.15, 0.2) is 11.5 Å². The first kappa shape index (κ1) is 18.8. The van der Waals surface area contributed by atoms with Crippen molar-refractivity contribution in [3.8, 4) is 11.5 Å². The number of carbonyl (C=O) groups is 1. The molecule has 2 aromatic rings. The molecule has 0 radical (unpaired) electrons. The maximum Gasteiger partial charge on any atom is 0.261 e. The Labute approximate surface area is 159 Å². The van der Waals surface area contributed by atoms with Crippen molar-refractivity contribution in [2.45, 2.75) is 51.5 Å². The van der Waals surface area contributed by atoms with E-state index in [1.807, 2.05) is 25.1 Å². The van der Waals surface area contributed by atoms with Gasteiger partial charge in [0.25, 0.3) is 5.91 Å². The maximum absolute atomic E-state index is 12.7. The maximum atomic E-state index is 12.7. The van der Waals surface area contributed by atoms with Crippen LogP contribution in [0.3, 0.4) is 0 Å². The highest BCUT2D eigenvalue weighted by molar-refractivity contribution is 7.14. The van der Waals surface area contributed by atoms with Crippen LogP contribution in [0.2, 0.25) is 0 Å². The van der Waals surface area contributed by atoms with Crippen LogP contribution in [0.15, 0.2) is 24.3 Å². The van der Waals surface area contributed by atoms with Crippen molar-refractivity contribution < 1.29 is 14.3 Å². The number of ether oxygens (including phenoxy) is 2. The van der Waals surface area contributed by atoms with Crippen molar-refractivity contribution in [1.82, 2.24) is 5.32 Å². The lowest BCUT2D eigenvalue weighted by Crippen LogP contribution is -2.25. The smallest absolute Gasteiger partial charge is 0.261 e. The number of fused-ring (bicyclic) bond motifs is 1. The Morgan fingerprint density at radius 2 is 1.77 bits per heavy atom. The first-order valence-corrected chi connectivity index (χ1v) is 10.1. The first-order chi connectivity index (χ1) is 12.6. The molecule has 0 unspecified atom stereocenters. The van der Waals surface area contributed by atoms with E-state index in [-0.39, 0.29) is 11.9 Å². The number of amides is 1. The zero-order chi connectivity index (χ0) is 18.5. The van der Waals surface area contributed by atoms with Gasteiger partial charge >= 0.3 is 0 Å². The van der Waals surface area contributed by atoms with Gasteiger partial charge in [-0.3, -0.25) is 4.79 Å². The third kappa shape index (κ3) is 4.21. The second kappa shape index (κ2) is 8.58. The number of benzene rings is 1. The Morgan fingerprint density at radius 3 is 2.50 bits per heavy atom. The van der Waals surface area contributed by atoms with Crippen molar-refractivity contribution in [3.63, 3.8) is 0 Å². The van der Waals surface area contributed by atoms with E-state index in [4.69, 9.17) is 9.47 Å². The second-order valence-corrected chi connectivity index (χ2v) is 7.92. The topological polar surface area (TPSA) is 47.6 Å². The number of methoxy groups -OCH3 is 2. The molecule has 0 fully saturated rings. The molecule has 0 aliphatic heterocycles. The molecule has 3 rings (SSSR count). The highest BCUT2D eigenvalue weighted by Crippen LogP contribution is 2.31. The number of rotatable bonds is 5. The summed E-state index contributed by atoms with van der Waals surface area (Å²) >= 11 is 1.66. The van der Waals surface area contributed by atoms with E-state index < -0.39 is 0 Å². The van der Waals surface area contributed by atoms with Crippen LogP contribution in [0.25, 0.3) is 0 Å². The first-order valence-electron chi connectivity index (χ1n) is 9.26. The predicted molar refractivity (Wildman–Crippen MR) is 106 cm³/mol. The zero-order valence-electron chi connectivity index (χ0n) is 15.8. The number of hydrogen-bond donors (Lipinski definition) is 1. The average Bonchev–Trinajstić information content (AvgIpc) is 3.03. The molecular formula is C21H27NO3S. The van der Waals surface area contributed by atoms with Gasteiger partial charge in [0.1, 0.15) is 0 Å². The van der Waals surface area contributed by atoms with E-state index in [2.05, 4.69) is 11.4 Å². The summed E-state index contributed by atoms with van der Waals surface area (Å²) in [7, 11) is 3.23. The fraction of sp³-hybridized carbons (Fsp3) is 0.476. The lowest BCUT2D eigenvalue weighted by atomic mass is 10.00. The van der Waals surface area contributed by atoms with E-state index in [0.29, 0.717) is 11.5 Å². The molecule has 0 spiro atoms. The predicted octanol–water partition coefficient (Wildman–Crippen LogP) is 4.92. The van der Waals surface area contributed by atoms with E-state index in [1.54, 1.807) is 25.6 Å². The minimum Gasteiger partial charge on any atom is -0.493 e. The fourth-order valence-corrected chi connectivity index (χ4v) is 4.59. The standard InChI is InChI=1S/C21H27NO3S/c1-14(15-10-11-17(24-2)18(12-15)25-3)22-21(23)20-13-16-8-6-4-5-7-9-19(16)26-20/h10-14H,4-9H2,1-3H3,(H,22,23)/t14-/m1/s1. The normalized spacial score (nSPS) is 15.3. The van der Waals surface area contributed by atoms with Crippen molar-refractivity contribution in [2.24, 2.45) is 0 Å². The highest BCUT2D eigenvalue weighted by Gasteiger charge is 2.18. The summed E-state index contributed by atoms with van der Waals surface area (Å²) in [6.45, 7) is 1.99. The molecule has 4 nitrogen and oxygen atoms in total. The molecule has 1 heterocycles. The van der Waals surface area contributed by atoms with Gasteiger partial charge in [0.05, 0.1) is 25.1 Å². The Morgan fingerprint density at radius 1 is 1.04 bits per heavy atom. The van der Waals surface area contributed by atoms with Crippen molar-refractivity contribution >= 4 is 17.2 Å². The summed E-state index contributed by atoms with van der Waals surface area (Å²) in [6.07, 6.45) is 7.27. The number of aryl methyl sites for hydroxylation is 2. The Balaban J connectivity index is 1.72. The van der Waals surface area contributed by atoms with E-state index in [1.165, 1.54) is 36.1 Å². The summed E-state index contributed by atoms with van der Waals surface area (Å²) in [5.74, 6) is 1.36. The van der Waals surface area contributed by atoms with Gasteiger partial charge in [-0.25, -0.2) is 0 Å². The molecule has 26 heavy (non-hydrogen) atoms. The Hall–Kier alpha value is -2.01. The third-order valence-corrected chi connectivity index (χ3v) is 6.21. The quantitative estimate of drug-likeness (QED) is 0.809. The molecule has 1 aliphatic carbocycles. The molecule has 1 amide bonds. The summed E-state index contributed by atoms with van der Waals surface area (Å²) < 4.78 is 10.6. The molecule has 0 saturated carbocycles. The molecule has 140 valence electrons. The number of nitrogens with one attached hydrogen (secondary N) is 1. The van der Waals surface area contributed by atoms with Crippen molar-refractivity contribution in [3.05, 3.63) is 45.1 Å². The number of carbonyl (C=O) groups excluding carboxylic acids is 1. The molecule has 1 aliphatic rings. The fourth-order valence-electron chi connectivity index (χ4n) is 3.43. The summed E-state index contributed by atoms with van der Waals surface area (Å²) in [6, 6.07) is 7.74. The lowest BCUT2D eigenvalue weighted by molar-refractivity contribution is 0.0944. The van der Waals surface area contributed by atoms with Gasteiger partial charge < -0.3 is 14.8 Å². The largest absolute Gasteiger partial charge is 0.493 e. The zero-order valence-corrected chi connectivity index (χ0v) is 16.6. The minimum absolute atomic E-state index is 0.00373. The van der Waals surface area contributed by atoms with Crippen LogP contribution in [0.1, 0.15) is 64.3 Å². The average molecular weight is 374 g/mol. The molecule has 0 saturated heterocycles. The van der Waals surface area contributed by atoms with E-state index in [0.717, 1.165) is 23.3 Å². The molecule has 1 aromatic heterocycles. The Kier molecular flexibility index (Phi) is 6.20. The van der Waals surface area contributed by atoms with Crippen molar-refractivity contribution in [2.75, 3.05) is 14.2 Å². The van der Waals surface area contributed by atoms with Crippen LogP contribution < -0.4 is 14.8 Å². The molecule has 1 atom stereocenters. The molecule has 1 N–H and O–H groups in total. The highest BCUT2D eigenvalue weighted by atomic mass is 32.1. The molecular weight excluding hydrogens is 346 g/mol. The van der Waals surface area contributed by atoms with Crippen LogP contribution in [0, 0.1) is 0 Å². The summed E-state index contributed by atoms with van der Waals surface area (Å²) in [4.78, 5) is 15.0. The van der Waals surface area contributed by atoms with Gasteiger partial charge in [0.2, 0.25) is 0 Å². The summed E-state index contributed by atoms with van der Waals surface area (Å²) in [5, 5.41) is 3.12. The van der Waals surface area contributed by atoms with Crippen LogP contribution in [0.5, 0.6) is 11.5 Å². The van der Waals surface area contributed by atoms with Crippen LogP contribution in [-0.4, -0.2) is 20.1 Å². The van der Waals surface area contributed by atoms with Crippen molar-refractivity contribution in [1.29, 1.82) is 0 Å². The van der Waals surface area contributed by atoms with Gasteiger partial charge in [-0.1, -0.05) is 18.9 Å². The van der Waals surface area contributed by atoms with Crippen LogP contribution in [0.4, 0.5) is 0 Å². The van der Waals surface area contributed by atoms with Gasteiger partial charge in [-0.2, -0.15) is 0 Å². The van der Waals surface area contributed by atoms with Gasteiger partial charge in [0, 0.05) is 4.88 Å². The minimum atomic E-state index is -0.105. The van der Waals surface area contributed by atoms with Crippen LogP contribution in [-0.2, 0) is 12.8 Å². The number of hydrogen-bond acceptors (Lipinski definition) is 4. The molecule has 1 aromatic carbocycles. The van der Waals surface area contributed by atoms with Gasteiger partial charge in [-0.05, 0) is 61.9 Å². The molecule has 0 bridgehead atoms. The van der Waals surface area contributed by atoms with E-state index in [9.17, 15) is 4.79 Å². The monoisotopic (exact) mass is 373 g/mol. The molecule has 5 heteroatoms. The van der Waals surface area contributed by atoms with E-state index >= 15 is 0 Å². The summed E-state index contributed by atoms with van der Waals surface area (Å²) in [5.41, 5.74) is 2.37. The second-order valence-electron chi connectivity index (χ2n) is 6.78.